The van der Waals surface area contributed by atoms with Crippen LogP contribution in [-0.4, -0.2) is 37.1 Å². The van der Waals surface area contributed by atoms with Crippen molar-refractivity contribution in [2.24, 2.45) is 5.92 Å². The second kappa shape index (κ2) is 8.92. The van der Waals surface area contributed by atoms with Crippen LogP contribution in [0.2, 0.25) is 0 Å². The highest BCUT2D eigenvalue weighted by Crippen LogP contribution is 2.25. The Morgan fingerprint density at radius 1 is 1.17 bits per heavy atom. The molecule has 1 aliphatic rings. The van der Waals surface area contributed by atoms with Gasteiger partial charge >= 0.3 is 0 Å². The molecule has 1 N–H and O–H groups in total. The van der Waals surface area contributed by atoms with Gasteiger partial charge in [-0.05, 0) is 52.1 Å². The van der Waals surface area contributed by atoms with Gasteiger partial charge in [0.2, 0.25) is 0 Å². The molecular weight excluding hydrogens is 220 g/mol. The molecule has 1 fully saturated rings. The van der Waals surface area contributed by atoms with Crippen molar-refractivity contribution in [1.29, 1.82) is 0 Å². The van der Waals surface area contributed by atoms with Gasteiger partial charge in [-0.25, -0.2) is 0 Å². The van der Waals surface area contributed by atoms with E-state index >= 15 is 0 Å². The summed E-state index contributed by atoms with van der Waals surface area (Å²) in [5.41, 5.74) is 0. The first-order valence-corrected chi connectivity index (χ1v) is 8.12. The number of rotatable bonds is 8. The van der Waals surface area contributed by atoms with Crippen LogP contribution in [0.25, 0.3) is 0 Å². The van der Waals surface area contributed by atoms with E-state index in [1.807, 2.05) is 0 Å². The van der Waals surface area contributed by atoms with Gasteiger partial charge in [0.15, 0.2) is 0 Å². The number of nitrogens with zero attached hydrogens (tertiary/aromatic N) is 1. The maximum Gasteiger partial charge on any atom is 0.0107 e. The van der Waals surface area contributed by atoms with Gasteiger partial charge in [0.25, 0.3) is 0 Å². The third-order valence-corrected chi connectivity index (χ3v) is 4.55. The Morgan fingerprint density at radius 3 is 2.56 bits per heavy atom. The highest BCUT2D eigenvalue weighted by atomic mass is 15.1. The van der Waals surface area contributed by atoms with E-state index < -0.39 is 0 Å². The van der Waals surface area contributed by atoms with Crippen molar-refractivity contribution in [1.82, 2.24) is 10.2 Å². The third-order valence-electron chi connectivity index (χ3n) is 4.55. The Hall–Kier alpha value is -0.0800. The lowest BCUT2D eigenvalue weighted by Gasteiger charge is -2.37. The lowest BCUT2D eigenvalue weighted by molar-refractivity contribution is 0.156. The van der Waals surface area contributed by atoms with Crippen LogP contribution >= 0.6 is 0 Å². The second-order valence-electron chi connectivity index (χ2n) is 6.18. The average molecular weight is 254 g/mol. The zero-order valence-corrected chi connectivity index (χ0v) is 13.0. The molecular formula is C16H34N2. The first-order valence-electron chi connectivity index (χ1n) is 8.12. The minimum absolute atomic E-state index is 0.740. The maximum absolute atomic E-state index is 3.77. The molecule has 108 valence electrons. The molecule has 2 heteroatoms. The highest BCUT2D eigenvalue weighted by molar-refractivity contribution is 4.83. The number of nitrogens with one attached hydrogen (secondary N) is 1. The maximum atomic E-state index is 3.77. The van der Waals surface area contributed by atoms with Gasteiger partial charge in [0, 0.05) is 18.6 Å². The summed E-state index contributed by atoms with van der Waals surface area (Å²) in [6, 6.07) is 1.51. The minimum Gasteiger partial charge on any atom is -0.314 e. The van der Waals surface area contributed by atoms with Crippen LogP contribution in [-0.2, 0) is 0 Å². The Morgan fingerprint density at radius 2 is 1.89 bits per heavy atom. The Labute approximate surface area is 115 Å². The predicted molar refractivity (Wildman–Crippen MR) is 81.0 cm³/mol. The van der Waals surface area contributed by atoms with E-state index in [9.17, 15) is 0 Å². The van der Waals surface area contributed by atoms with Gasteiger partial charge in [-0.2, -0.15) is 0 Å². The molecule has 0 aromatic carbocycles. The summed E-state index contributed by atoms with van der Waals surface area (Å²) in [6.45, 7) is 9.40. The summed E-state index contributed by atoms with van der Waals surface area (Å²) in [4.78, 5) is 2.58. The van der Waals surface area contributed by atoms with Crippen molar-refractivity contribution < 1.29 is 0 Å². The largest absolute Gasteiger partial charge is 0.314 e. The molecule has 0 amide bonds. The standard InChI is InChI=1S/C16H34N2/c1-5-9-14(3)18(4)13-15-10-7-8-11-16(15)17-12-6-2/h14-17H,5-13H2,1-4H3. The quantitative estimate of drug-likeness (QED) is 0.711. The zero-order chi connectivity index (χ0) is 13.4. The van der Waals surface area contributed by atoms with Crippen LogP contribution < -0.4 is 5.32 Å². The molecule has 0 bridgehead atoms. The molecule has 3 atom stereocenters. The molecule has 0 aromatic rings. The van der Waals surface area contributed by atoms with Gasteiger partial charge in [-0.15, -0.1) is 0 Å². The van der Waals surface area contributed by atoms with Crippen molar-refractivity contribution in [2.45, 2.75) is 77.8 Å². The lowest BCUT2D eigenvalue weighted by atomic mass is 9.84. The van der Waals surface area contributed by atoms with Gasteiger partial charge in [0.05, 0.1) is 0 Å². The summed E-state index contributed by atoms with van der Waals surface area (Å²) >= 11 is 0. The van der Waals surface area contributed by atoms with Crippen molar-refractivity contribution in [3.05, 3.63) is 0 Å². The van der Waals surface area contributed by atoms with Crippen molar-refractivity contribution in [2.75, 3.05) is 20.1 Å². The highest BCUT2D eigenvalue weighted by Gasteiger charge is 2.26. The second-order valence-corrected chi connectivity index (χ2v) is 6.18. The molecule has 1 saturated carbocycles. The van der Waals surface area contributed by atoms with Crippen molar-refractivity contribution >= 4 is 0 Å². The molecule has 0 spiro atoms. The van der Waals surface area contributed by atoms with Gasteiger partial charge in [0.1, 0.15) is 0 Å². The van der Waals surface area contributed by atoms with Gasteiger partial charge in [-0.1, -0.05) is 33.1 Å². The SMILES string of the molecule is CCCNC1CCCCC1CN(C)C(C)CCC. The van der Waals surface area contributed by atoms with Crippen LogP contribution in [0.1, 0.15) is 65.7 Å². The van der Waals surface area contributed by atoms with Gasteiger partial charge < -0.3 is 10.2 Å². The van der Waals surface area contributed by atoms with E-state index in [1.165, 1.54) is 58.0 Å². The summed E-state index contributed by atoms with van der Waals surface area (Å²) in [5.74, 6) is 0.870. The molecule has 2 nitrogen and oxygen atoms in total. The monoisotopic (exact) mass is 254 g/mol. The average Bonchev–Trinajstić information content (AvgIpc) is 2.38. The normalized spacial score (nSPS) is 26.5. The first-order chi connectivity index (χ1) is 8.69. The third kappa shape index (κ3) is 5.27. The summed E-state index contributed by atoms with van der Waals surface area (Å²) in [7, 11) is 2.31. The Kier molecular flexibility index (Phi) is 7.92. The fraction of sp³-hybridized carbons (Fsp3) is 1.00. The van der Waals surface area contributed by atoms with Crippen LogP contribution in [0.4, 0.5) is 0 Å². The first kappa shape index (κ1) is 16.0. The molecule has 0 heterocycles. The molecule has 1 aliphatic carbocycles. The van der Waals surface area contributed by atoms with E-state index in [0.717, 1.165) is 18.0 Å². The molecule has 0 radical (unpaired) electrons. The molecule has 0 saturated heterocycles. The lowest BCUT2D eigenvalue weighted by Crippen LogP contribution is -2.45. The van der Waals surface area contributed by atoms with E-state index in [1.54, 1.807) is 0 Å². The van der Waals surface area contributed by atoms with Crippen molar-refractivity contribution in [3.63, 3.8) is 0 Å². The van der Waals surface area contributed by atoms with E-state index in [-0.39, 0.29) is 0 Å². The Balaban J connectivity index is 2.40. The van der Waals surface area contributed by atoms with Crippen LogP contribution in [0.3, 0.4) is 0 Å². The molecule has 0 aliphatic heterocycles. The molecule has 3 unspecified atom stereocenters. The minimum atomic E-state index is 0.740. The van der Waals surface area contributed by atoms with Crippen LogP contribution in [0, 0.1) is 5.92 Å². The van der Waals surface area contributed by atoms with E-state index in [2.05, 4.69) is 38.0 Å². The van der Waals surface area contributed by atoms with Crippen LogP contribution in [0.5, 0.6) is 0 Å². The zero-order valence-electron chi connectivity index (χ0n) is 13.0. The fourth-order valence-corrected chi connectivity index (χ4v) is 3.21. The van der Waals surface area contributed by atoms with E-state index in [4.69, 9.17) is 0 Å². The van der Waals surface area contributed by atoms with Gasteiger partial charge in [-0.3, -0.25) is 0 Å². The molecule has 1 rings (SSSR count). The Bertz CT molecular complexity index is 205. The smallest absolute Gasteiger partial charge is 0.0107 e. The predicted octanol–water partition coefficient (Wildman–Crippen LogP) is 3.67. The number of hydrogen-bond acceptors (Lipinski definition) is 2. The van der Waals surface area contributed by atoms with Crippen molar-refractivity contribution in [3.8, 4) is 0 Å². The summed E-state index contributed by atoms with van der Waals surface area (Å²) in [5, 5.41) is 3.77. The fourth-order valence-electron chi connectivity index (χ4n) is 3.21. The van der Waals surface area contributed by atoms with Crippen LogP contribution in [0.15, 0.2) is 0 Å². The molecule has 0 aromatic heterocycles. The topological polar surface area (TPSA) is 15.3 Å². The summed E-state index contributed by atoms with van der Waals surface area (Å²) in [6.07, 6.45) is 9.55. The van der Waals surface area contributed by atoms with E-state index in [0.29, 0.717) is 0 Å². The summed E-state index contributed by atoms with van der Waals surface area (Å²) < 4.78 is 0. The number of hydrogen-bond donors (Lipinski definition) is 1. The molecule has 18 heavy (non-hydrogen) atoms.